The zero-order valence-electron chi connectivity index (χ0n) is 10.6. The predicted octanol–water partition coefficient (Wildman–Crippen LogP) is 0.431. The number of hydrogen-bond acceptors (Lipinski definition) is 6. The molecule has 1 aromatic rings. The number of likely N-dealkylation sites (N-methyl/N-ethyl adjacent to an activating group) is 2. The molecule has 0 bridgehead atoms. The molecule has 17 heavy (non-hydrogen) atoms. The van der Waals surface area contributed by atoms with E-state index in [0.717, 1.165) is 26.1 Å². The van der Waals surface area contributed by atoms with E-state index in [-0.39, 0.29) is 6.04 Å². The molecular formula is C11H20N4O2. The fourth-order valence-corrected chi connectivity index (χ4v) is 2.10. The van der Waals surface area contributed by atoms with Crippen LogP contribution in [-0.4, -0.2) is 58.8 Å². The van der Waals surface area contributed by atoms with E-state index in [0.29, 0.717) is 11.7 Å². The van der Waals surface area contributed by atoms with Crippen molar-refractivity contribution in [1.82, 2.24) is 19.9 Å². The summed E-state index contributed by atoms with van der Waals surface area (Å²) in [6, 6.07) is 0.138. The van der Waals surface area contributed by atoms with Crippen molar-refractivity contribution in [3.8, 4) is 0 Å². The molecule has 0 aliphatic carbocycles. The lowest BCUT2D eigenvalue weighted by molar-refractivity contribution is 0.151. The first kappa shape index (κ1) is 12.5. The molecule has 0 radical (unpaired) electrons. The van der Waals surface area contributed by atoms with Crippen molar-refractivity contribution >= 4 is 0 Å². The summed E-state index contributed by atoms with van der Waals surface area (Å²) in [4.78, 5) is 8.77. The fraction of sp³-hybridized carbons (Fsp3) is 0.818. The van der Waals surface area contributed by atoms with Crippen molar-refractivity contribution in [2.75, 3.05) is 33.7 Å². The molecule has 0 aromatic carbocycles. The van der Waals surface area contributed by atoms with Gasteiger partial charge >= 0.3 is 0 Å². The van der Waals surface area contributed by atoms with Gasteiger partial charge in [-0.2, -0.15) is 4.98 Å². The Morgan fingerprint density at radius 3 is 2.82 bits per heavy atom. The van der Waals surface area contributed by atoms with Gasteiger partial charge in [0.2, 0.25) is 0 Å². The Morgan fingerprint density at radius 1 is 1.41 bits per heavy atom. The molecule has 1 aliphatic heterocycles. The molecule has 0 spiro atoms. The number of aromatic nitrogens is 2. The third kappa shape index (κ3) is 2.83. The molecule has 0 saturated carbocycles. The van der Waals surface area contributed by atoms with Crippen LogP contribution in [0, 0.1) is 0 Å². The molecule has 6 heteroatoms. The Balaban J connectivity index is 2.17. The van der Waals surface area contributed by atoms with E-state index in [1.165, 1.54) is 0 Å². The lowest BCUT2D eigenvalue weighted by Crippen LogP contribution is -2.31. The first-order valence-corrected chi connectivity index (χ1v) is 5.98. The predicted molar refractivity (Wildman–Crippen MR) is 62.4 cm³/mol. The van der Waals surface area contributed by atoms with Gasteiger partial charge < -0.3 is 14.5 Å². The van der Waals surface area contributed by atoms with Gasteiger partial charge in [0.15, 0.2) is 5.82 Å². The van der Waals surface area contributed by atoms with Crippen molar-refractivity contribution in [1.29, 1.82) is 0 Å². The fourth-order valence-electron chi connectivity index (χ4n) is 2.10. The smallest absolute Gasteiger partial charge is 0.255 e. The van der Waals surface area contributed by atoms with Gasteiger partial charge in [-0.1, -0.05) is 5.16 Å². The van der Waals surface area contributed by atoms with E-state index >= 15 is 0 Å². The SMILES string of the molecule is C[C@H](O)c1nc(C2CN(C)CCCN2C)no1. The summed E-state index contributed by atoms with van der Waals surface area (Å²) in [5, 5.41) is 13.4. The highest BCUT2D eigenvalue weighted by Gasteiger charge is 2.27. The van der Waals surface area contributed by atoms with E-state index in [4.69, 9.17) is 4.52 Å². The molecule has 2 atom stereocenters. The minimum absolute atomic E-state index is 0.138. The zero-order valence-corrected chi connectivity index (χ0v) is 10.6. The van der Waals surface area contributed by atoms with Crippen molar-refractivity contribution < 1.29 is 9.63 Å². The lowest BCUT2D eigenvalue weighted by atomic mass is 10.2. The molecule has 0 amide bonds. The molecule has 1 aromatic heterocycles. The van der Waals surface area contributed by atoms with Gasteiger partial charge in [0.25, 0.3) is 5.89 Å². The molecule has 1 saturated heterocycles. The summed E-state index contributed by atoms with van der Waals surface area (Å²) >= 11 is 0. The lowest BCUT2D eigenvalue weighted by Gasteiger charge is -2.24. The van der Waals surface area contributed by atoms with Crippen LogP contribution in [0.2, 0.25) is 0 Å². The van der Waals surface area contributed by atoms with Crippen LogP contribution in [0.25, 0.3) is 0 Å². The Hall–Kier alpha value is -0.980. The van der Waals surface area contributed by atoms with E-state index in [1.54, 1.807) is 6.92 Å². The van der Waals surface area contributed by atoms with Crippen LogP contribution in [-0.2, 0) is 0 Å². The number of nitrogens with zero attached hydrogens (tertiary/aromatic N) is 4. The van der Waals surface area contributed by atoms with Gasteiger partial charge in [-0.15, -0.1) is 0 Å². The first-order valence-electron chi connectivity index (χ1n) is 5.98. The van der Waals surface area contributed by atoms with Gasteiger partial charge in [0, 0.05) is 6.54 Å². The standard InChI is InChI=1S/C11H20N4O2/c1-8(16)11-12-10(13-17-11)9-7-14(2)5-4-6-15(9)3/h8-9,16H,4-7H2,1-3H3/t8-,9?/m0/s1. The largest absolute Gasteiger partial charge is 0.384 e. The third-order valence-corrected chi connectivity index (χ3v) is 3.18. The van der Waals surface area contributed by atoms with Crippen molar-refractivity contribution in [2.24, 2.45) is 0 Å². The van der Waals surface area contributed by atoms with Gasteiger partial charge in [-0.25, -0.2) is 0 Å². The highest BCUT2D eigenvalue weighted by molar-refractivity contribution is 4.98. The number of aliphatic hydroxyl groups excluding tert-OH is 1. The second-order valence-electron chi connectivity index (χ2n) is 4.78. The summed E-state index contributed by atoms with van der Waals surface area (Å²) in [6.07, 6.45) is 0.440. The molecular weight excluding hydrogens is 220 g/mol. The van der Waals surface area contributed by atoms with Crippen LogP contribution in [0.4, 0.5) is 0 Å². The second kappa shape index (κ2) is 5.12. The zero-order chi connectivity index (χ0) is 12.4. The average Bonchev–Trinajstić information content (AvgIpc) is 2.68. The highest BCUT2D eigenvalue weighted by atomic mass is 16.5. The molecule has 1 N–H and O–H groups in total. The molecule has 2 heterocycles. The molecule has 1 aliphatic rings. The third-order valence-electron chi connectivity index (χ3n) is 3.18. The number of aliphatic hydroxyl groups is 1. The minimum Gasteiger partial charge on any atom is -0.384 e. The van der Waals surface area contributed by atoms with Crippen LogP contribution in [0.1, 0.15) is 37.2 Å². The quantitative estimate of drug-likeness (QED) is 0.808. The summed E-state index contributed by atoms with van der Waals surface area (Å²) in [7, 11) is 4.17. The van der Waals surface area contributed by atoms with Gasteiger partial charge in [-0.3, -0.25) is 4.90 Å². The molecule has 2 rings (SSSR count). The van der Waals surface area contributed by atoms with E-state index in [9.17, 15) is 5.11 Å². The summed E-state index contributed by atoms with van der Waals surface area (Å²) in [5.74, 6) is 0.956. The highest BCUT2D eigenvalue weighted by Crippen LogP contribution is 2.21. The van der Waals surface area contributed by atoms with Crippen LogP contribution >= 0.6 is 0 Å². The van der Waals surface area contributed by atoms with Crippen LogP contribution in [0.3, 0.4) is 0 Å². The van der Waals surface area contributed by atoms with E-state index in [1.807, 2.05) is 0 Å². The molecule has 1 fully saturated rings. The van der Waals surface area contributed by atoms with Crippen molar-refractivity contribution in [3.05, 3.63) is 11.7 Å². The summed E-state index contributed by atoms with van der Waals surface area (Å²) in [5.41, 5.74) is 0. The first-order chi connectivity index (χ1) is 8.08. The maximum Gasteiger partial charge on any atom is 0.255 e. The topological polar surface area (TPSA) is 65.6 Å². The second-order valence-corrected chi connectivity index (χ2v) is 4.78. The Kier molecular flexibility index (Phi) is 3.76. The van der Waals surface area contributed by atoms with Crippen LogP contribution in [0.15, 0.2) is 4.52 Å². The Bertz CT molecular complexity index is 366. The van der Waals surface area contributed by atoms with Gasteiger partial charge in [0.05, 0.1) is 6.04 Å². The number of hydrogen-bond donors (Lipinski definition) is 1. The molecule has 96 valence electrons. The molecule has 6 nitrogen and oxygen atoms in total. The maximum absolute atomic E-state index is 9.39. The van der Waals surface area contributed by atoms with E-state index in [2.05, 4.69) is 34.0 Å². The summed E-state index contributed by atoms with van der Waals surface area (Å²) < 4.78 is 5.05. The summed E-state index contributed by atoms with van der Waals surface area (Å²) in [6.45, 7) is 4.62. The van der Waals surface area contributed by atoms with E-state index < -0.39 is 6.10 Å². The maximum atomic E-state index is 9.39. The Morgan fingerprint density at radius 2 is 2.18 bits per heavy atom. The average molecular weight is 240 g/mol. The van der Waals surface area contributed by atoms with Crippen molar-refractivity contribution in [2.45, 2.75) is 25.5 Å². The number of rotatable bonds is 2. The Labute approximate surface area is 101 Å². The normalized spacial score (nSPS) is 25.8. The minimum atomic E-state index is -0.704. The van der Waals surface area contributed by atoms with Gasteiger partial charge in [-0.05, 0) is 40.5 Å². The van der Waals surface area contributed by atoms with Crippen molar-refractivity contribution in [3.63, 3.8) is 0 Å². The monoisotopic (exact) mass is 240 g/mol. The molecule has 1 unspecified atom stereocenters. The van der Waals surface area contributed by atoms with Crippen LogP contribution < -0.4 is 0 Å². The van der Waals surface area contributed by atoms with Gasteiger partial charge in [0.1, 0.15) is 6.10 Å². The van der Waals surface area contributed by atoms with Crippen LogP contribution in [0.5, 0.6) is 0 Å².